The Morgan fingerprint density at radius 3 is 2.44 bits per heavy atom. The van der Waals surface area contributed by atoms with Gasteiger partial charge in [0.05, 0.1) is 5.69 Å². The minimum atomic E-state index is 0.720. The lowest BCUT2D eigenvalue weighted by atomic mass is 9.99. The van der Waals surface area contributed by atoms with E-state index in [0.29, 0.717) is 0 Å². The van der Waals surface area contributed by atoms with E-state index in [4.69, 9.17) is 4.52 Å². The van der Waals surface area contributed by atoms with Crippen LogP contribution in [0.15, 0.2) is 22.7 Å². The van der Waals surface area contributed by atoms with Crippen molar-refractivity contribution in [2.45, 2.75) is 20.8 Å². The van der Waals surface area contributed by atoms with E-state index in [0.717, 1.165) is 40.0 Å². The van der Waals surface area contributed by atoms with Crippen LogP contribution in [-0.4, -0.2) is 11.4 Å². The molecule has 0 fully saturated rings. The number of aldehydes is 1. The summed E-state index contributed by atoms with van der Waals surface area (Å²) in [5, 5.41) is 3.86. The molecule has 2 rings (SSSR count). The third kappa shape index (κ3) is 1.76. The highest BCUT2D eigenvalue weighted by Gasteiger charge is 2.10. The van der Waals surface area contributed by atoms with Crippen molar-refractivity contribution in [1.29, 1.82) is 0 Å². The molecule has 0 amide bonds. The molecule has 82 valence electrons. The van der Waals surface area contributed by atoms with Crippen molar-refractivity contribution in [2.75, 3.05) is 0 Å². The molecule has 0 aliphatic heterocycles. The number of carbonyl (C=O) groups excluding carboxylic acids is 1. The first kappa shape index (κ1) is 10.6. The first-order valence-corrected chi connectivity index (χ1v) is 5.12. The van der Waals surface area contributed by atoms with Gasteiger partial charge in [0.15, 0.2) is 5.76 Å². The van der Waals surface area contributed by atoms with Crippen LogP contribution >= 0.6 is 0 Å². The minimum Gasteiger partial charge on any atom is -0.356 e. The summed E-state index contributed by atoms with van der Waals surface area (Å²) >= 11 is 0. The van der Waals surface area contributed by atoms with E-state index < -0.39 is 0 Å². The van der Waals surface area contributed by atoms with E-state index in [2.05, 4.69) is 5.16 Å². The number of nitrogens with zero attached hydrogens (tertiary/aromatic N) is 1. The number of hydrogen-bond donors (Lipinski definition) is 0. The summed E-state index contributed by atoms with van der Waals surface area (Å²) in [6, 6.07) is 5.72. The number of aryl methyl sites for hydroxylation is 3. The molecule has 1 aromatic heterocycles. The summed E-state index contributed by atoms with van der Waals surface area (Å²) in [4.78, 5) is 10.8. The van der Waals surface area contributed by atoms with Crippen LogP contribution in [-0.2, 0) is 0 Å². The summed E-state index contributed by atoms with van der Waals surface area (Å²) in [7, 11) is 0. The van der Waals surface area contributed by atoms with Crippen molar-refractivity contribution in [2.24, 2.45) is 0 Å². The highest BCUT2D eigenvalue weighted by molar-refractivity contribution is 5.80. The van der Waals surface area contributed by atoms with Crippen molar-refractivity contribution >= 4 is 6.29 Å². The van der Waals surface area contributed by atoms with Crippen molar-refractivity contribution in [3.05, 3.63) is 40.6 Å². The molecule has 0 radical (unpaired) electrons. The second-order valence-electron chi connectivity index (χ2n) is 3.97. The molecule has 3 heteroatoms. The van der Waals surface area contributed by atoms with E-state index in [9.17, 15) is 4.79 Å². The molecule has 0 atom stereocenters. The van der Waals surface area contributed by atoms with Crippen LogP contribution < -0.4 is 0 Å². The summed E-state index contributed by atoms with van der Waals surface area (Å²) < 4.78 is 5.22. The van der Waals surface area contributed by atoms with Gasteiger partial charge in [-0.05, 0) is 44.0 Å². The fourth-order valence-corrected chi connectivity index (χ4v) is 1.72. The van der Waals surface area contributed by atoms with Crippen molar-refractivity contribution in [3.63, 3.8) is 0 Å². The number of hydrogen-bond acceptors (Lipinski definition) is 3. The van der Waals surface area contributed by atoms with E-state index in [-0.39, 0.29) is 0 Å². The number of aromatic nitrogens is 1. The molecule has 0 saturated carbocycles. The van der Waals surface area contributed by atoms with Crippen LogP contribution in [0.5, 0.6) is 0 Å². The van der Waals surface area contributed by atoms with Crippen molar-refractivity contribution < 1.29 is 9.32 Å². The lowest BCUT2D eigenvalue weighted by Crippen LogP contribution is -1.90. The average Bonchev–Trinajstić information content (AvgIpc) is 2.67. The van der Waals surface area contributed by atoms with Gasteiger partial charge in [0.1, 0.15) is 6.29 Å². The van der Waals surface area contributed by atoms with Gasteiger partial charge in [0.25, 0.3) is 0 Å². The van der Waals surface area contributed by atoms with Gasteiger partial charge >= 0.3 is 0 Å². The van der Waals surface area contributed by atoms with E-state index in [1.807, 2.05) is 39.0 Å². The highest BCUT2D eigenvalue weighted by atomic mass is 16.5. The average molecular weight is 215 g/mol. The van der Waals surface area contributed by atoms with E-state index in [1.165, 1.54) is 0 Å². The normalized spacial score (nSPS) is 10.4. The lowest BCUT2D eigenvalue weighted by molar-refractivity contribution is 0.112. The molecule has 16 heavy (non-hydrogen) atoms. The molecule has 0 N–H and O–H groups in total. The summed E-state index contributed by atoms with van der Waals surface area (Å²) in [6.07, 6.45) is 0.873. The Balaban J connectivity index is 2.58. The van der Waals surface area contributed by atoms with Gasteiger partial charge in [0, 0.05) is 17.2 Å². The third-order valence-electron chi connectivity index (χ3n) is 2.63. The second kappa shape index (κ2) is 3.93. The molecule has 2 aromatic rings. The Morgan fingerprint density at radius 1 is 1.12 bits per heavy atom. The predicted octanol–water partition coefficient (Wildman–Crippen LogP) is 3.08. The van der Waals surface area contributed by atoms with Crippen LogP contribution in [0.2, 0.25) is 0 Å². The lowest BCUT2D eigenvalue weighted by Gasteiger charge is -2.05. The van der Waals surface area contributed by atoms with Crippen LogP contribution in [0.3, 0.4) is 0 Å². The fourth-order valence-electron chi connectivity index (χ4n) is 1.72. The van der Waals surface area contributed by atoms with Gasteiger partial charge in [-0.2, -0.15) is 0 Å². The molecule has 1 heterocycles. The molecule has 0 saturated heterocycles. The fraction of sp³-hybridized carbons (Fsp3) is 0.231. The van der Waals surface area contributed by atoms with Crippen molar-refractivity contribution in [1.82, 2.24) is 5.16 Å². The largest absolute Gasteiger partial charge is 0.356 e. The SMILES string of the molecule is Cc1cc(-c2cc(C)c(C=O)cc2C)on1. The number of benzene rings is 1. The zero-order chi connectivity index (χ0) is 11.7. The van der Waals surface area contributed by atoms with Gasteiger partial charge in [-0.15, -0.1) is 0 Å². The van der Waals surface area contributed by atoms with Crippen molar-refractivity contribution in [3.8, 4) is 11.3 Å². The predicted molar refractivity (Wildman–Crippen MR) is 61.5 cm³/mol. The first-order valence-electron chi connectivity index (χ1n) is 5.12. The molecule has 0 aliphatic carbocycles. The summed E-state index contributed by atoms with van der Waals surface area (Å²) in [6.45, 7) is 5.75. The topological polar surface area (TPSA) is 43.1 Å². The zero-order valence-corrected chi connectivity index (χ0v) is 9.57. The standard InChI is InChI=1S/C13H13NO2/c1-8-5-12(9(2)4-11(8)7-15)13-6-10(3)14-16-13/h4-7H,1-3H3. The minimum absolute atomic E-state index is 0.720. The van der Waals surface area contributed by atoms with E-state index in [1.54, 1.807) is 0 Å². The van der Waals surface area contributed by atoms with Gasteiger partial charge in [0.2, 0.25) is 0 Å². The highest BCUT2D eigenvalue weighted by Crippen LogP contribution is 2.26. The van der Waals surface area contributed by atoms with Crippen LogP contribution in [0.25, 0.3) is 11.3 Å². The Morgan fingerprint density at radius 2 is 1.88 bits per heavy atom. The van der Waals surface area contributed by atoms with Crippen LogP contribution in [0.1, 0.15) is 27.2 Å². The Kier molecular flexibility index (Phi) is 2.60. The quantitative estimate of drug-likeness (QED) is 0.723. The van der Waals surface area contributed by atoms with Gasteiger partial charge < -0.3 is 4.52 Å². The summed E-state index contributed by atoms with van der Waals surface area (Å²) in [5.41, 5.74) is 4.53. The summed E-state index contributed by atoms with van der Waals surface area (Å²) in [5.74, 6) is 0.746. The third-order valence-corrected chi connectivity index (χ3v) is 2.63. The number of carbonyl (C=O) groups is 1. The molecule has 0 unspecified atom stereocenters. The van der Waals surface area contributed by atoms with Gasteiger partial charge in [-0.1, -0.05) is 5.16 Å². The molecule has 1 aromatic carbocycles. The molecule has 0 aliphatic rings. The monoisotopic (exact) mass is 215 g/mol. The number of rotatable bonds is 2. The Labute approximate surface area is 94.1 Å². The molecule has 3 nitrogen and oxygen atoms in total. The van der Waals surface area contributed by atoms with Gasteiger partial charge in [-0.3, -0.25) is 4.79 Å². The van der Waals surface area contributed by atoms with Crippen LogP contribution in [0, 0.1) is 20.8 Å². The maximum Gasteiger partial charge on any atom is 0.167 e. The Bertz CT molecular complexity index is 541. The first-order chi connectivity index (χ1) is 7.61. The van der Waals surface area contributed by atoms with Crippen LogP contribution in [0.4, 0.5) is 0 Å². The molecular weight excluding hydrogens is 202 g/mol. The molecule has 0 bridgehead atoms. The molecule has 0 spiro atoms. The Hall–Kier alpha value is -1.90. The second-order valence-corrected chi connectivity index (χ2v) is 3.97. The van der Waals surface area contributed by atoms with E-state index >= 15 is 0 Å². The maximum absolute atomic E-state index is 10.8. The van der Waals surface area contributed by atoms with Gasteiger partial charge in [-0.25, -0.2) is 0 Å². The maximum atomic E-state index is 10.8. The zero-order valence-electron chi connectivity index (χ0n) is 9.57. The molecular formula is C13H13NO2. The smallest absolute Gasteiger partial charge is 0.167 e.